The second-order valence-corrected chi connectivity index (χ2v) is 5.16. The number of benzene rings is 1. The fourth-order valence-corrected chi connectivity index (χ4v) is 2.14. The van der Waals surface area contributed by atoms with Gasteiger partial charge in [-0.1, -0.05) is 30.3 Å². The first-order valence-electron chi connectivity index (χ1n) is 6.30. The number of β-amino-alcohol motifs (C(OH)–C–C–N with tert-alkyl or cyclic N) is 1. The van der Waals surface area contributed by atoms with Crippen LogP contribution in [0.5, 0.6) is 0 Å². The fraction of sp³-hybridized carbons (Fsp3) is 0.429. The van der Waals surface area contributed by atoms with Crippen molar-refractivity contribution in [1.29, 1.82) is 0 Å². The number of aliphatic hydroxyl groups is 1. The van der Waals surface area contributed by atoms with Gasteiger partial charge in [-0.25, -0.2) is 4.79 Å². The highest BCUT2D eigenvalue weighted by Crippen LogP contribution is 2.31. The standard InChI is InChI=1S/C14H17NO5/c1-14(12(17)18)9-15(7-11(14)16)13(19)20-8-10-5-3-2-4-6-10/h2-6,11,16H,7-9H2,1H3,(H,17,18)/t11?,14-/m0/s1. The van der Waals surface area contributed by atoms with Crippen LogP contribution in [0.1, 0.15) is 12.5 Å². The van der Waals surface area contributed by atoms with Gasteiger partial charge in [-0.15, -0.1) is 0 Å². The molecule has 1 saturated heterocycles. The second kappa shape index (κ2) is 5.50. The van der Waals surface area contributed by atoms with E-state index in [1.807, 2.05) is 30.3 Å². The minimum Gasteiger partial charge on any atom is -0.481 e. The van der Waals surface area contributed by atoms with Gasteiger partial charge < -0.3 is 19.8 Å². The molecule has 1 aliphatic heterocycles. The number of carboxylic acids is 1. The molecule has 1 fully saturated rings. The molecular formula is C14H17NO5. The van der Waals surface area contributed by atoms with Gasteiger partial charge in [-0.3, -0.25) is 4.79 Å². The summed E-state index contributed by atoms with van der Waals surface area (Å²) in [5.41, 5.74) is -0.493. The van der Waals surface area contributed by atoms with E-state index in [-0.39, 0.29) is 19.7 Å². The largest absolute Gasteiger partial charge is 0.481 e. The third kappa shape index (κ3) is 2.75. The fourth-order valence-electron chi connectivity index (χ4n) is 2.14. The van der Waals surface area contributed by atoms with E-state index in [2.05, 4.69) is 0 Å². The summed E-state index contributed by atoms with van der Waals surface area (Å²) < 4.78 is 5.12. The number of amides is 1. The Hall–Kier alpha value is -2.08. The van der Waals surface area contributed by atoms with Crippen molar-refractivity contribution in [3.63, 3.8) is 0 Å². The number of hydrogen-bond acceptors (Lipinski definition) is 4. The molecule has 0 radical (unpaired) electrons. The van der Waals surface area contributed by atoms with Crippen LogP contribution >= 0.6 is 0 Å². The van der Waals surface area contributed by atoms with Crippen LogP contribution in [0.4, 0.5) is 4.79 Å². The molecule has 1 aromatic rings. The third-order valence-electron chi connectivity index (χ3n) is 3.60. The number of likely N-dealkylation sites (tertiary alicyclic amines) is 1. The van der Waals surface area contributed by atoms with Gasteiger partial charge in [-0.05, 0) is 12.5 Å². The van der Waals surface area contributed by atoms with Gasteiger partial charge in [-0.2, -0.15) is 0 Å². The maximum Gasteiger partial charge on any atom is 0.410 e. The zero-order valence-electron chi connectivity index (χ0n) is 11.2. The molecule has 2 atom stereocenters. The predicted molar refractivity (Wildman–Crippen MR) is 69.9 cm³/mol. The number of nitrogens with zero attached hydrogens (tertiary/aromatic N) is 1. The Balaban J connectivity index is 1.93. The van der Waals surface area contributed by atoms with Gasteiger partial charge >= 0.3 is 12.1 Å². The summed E-state index contributed by atoms with van der Waals surface area (Å²) in [5.74, 6) is -1.12. The minimum atomic E-state index is -1.34. The molecule has 0 spiro atoms. The van der Waals surface area contributed by atoms with E-state index in [0.717, 1.165) is 5.56 Å². The number of carboxylic acid groups (broad SMARTS) is 1. The molecule has 6 heteroatoms. The lowest BCUT2D eigenvalue weighted by Crippen LogP contribution is -2.39. The number of aliphatic carboxylic acids is 1. The molecule has 2 rings (SSSR count). The van der Waals surface area contributed by atoms with Crippen molar-refractivity contribution in [3.8, 4) is 0 Å². The van der Waals surface area contributed by atoms with E-state index in [1.165, 1.54) is 11.8 Å². The van der Waals surface area contributed by atoms with E-state index in [1.54, 1.807) is 0 Å². The molecule has 1 heterocycles. The van der Waals surface area contributed by atoms with E-state index in [4.69, 9.17) is 9.84 Å². The van der Waals surface area contributed by atoms with Crippen molar-refractivity contribution in [2.24, 2.45) is 5.41 Å². The molecule has 6 nitrogen and oxygen atoms in total. The Kier molecular flexibility index (Phi) is 3.94. The average molecular weight is 279 g/mol. The number of carbonyl (C=O) groups excluding carboxylic acids is 1. The molecule has 1 aliphatic rings. The van der Waals surface area contributed by atoms with Crippen molar-refractivity contribution in [1.82, 2.24) is 4.90 Å². The normalized spacial score (nSPS) is 25.5. The van der Waals surface area contributed by atoms with Crippen molar-refractivity contribution >= 4 is 12.1 Å². The zero-order chi connectivity index (χ0) is 14.8. The Morgan fingerprint density at radius 2 is 2.05 bits per heavy atom. The Labute approximate surface area is 116 Å². The van der Waals surface area contributed by atoms with Crippen LogP contribution in [0.3, 0.4) is 0 Å². The molecule has 1 aromatic carbocycles. The van der Waals surface area contributed by atoms with Gasteiger partial charge in [0.25, 0.3) is 0 Å². The summed E-state index contributed by atoms with van der Waals surface area (Å²) in [7, 11) is 0. The van der Waals surface area contributed by atoms with Gasteiger partial charge in [0.15, 0.2) is 0 Å². The molecule has 20 heavy (non-hydrogen) atoms. The average Bonchev–Trinajstić information content (AvgIpc) is 2.75. The van der Waals surface area contributed by atoms with E-state index in [9.17, 15) is 14.7 Å². The van der Waals surface area contributed by atoms with Crippen molar-refractivity contribution in [2.75, 3.05) is 13.1 Å². The Morgan fingerprint density at radius 3 is 2.60 bits per heavy atom. The number of rotatable bonds is 3. The Morgan fingerprint density at radius 1 is 1.40 bits per heavy atom. The molecule has 0 aliphatic carbocycles. The molecule has 0 bridgehead atoms. The highest BCUT2D eigenvalue weighted by atomic mass is 16.6. The molecule has 108 valence electrons. The monoisotopic (exact) mass is 279 g/mol. The second-order valence-electron chi connectivity index (χ2n) is 5.16. The van der Waals surface area contributed by atoms with Crippen LogP contribution in [-0.2, 0) is 16.1 Å². The molecule has 0 aromatic heterocycles. The van der Waals surface area contributed by atoms with Crippen LogP contribution in [-0.4, -0.2) is 46.4 Å². The van der Waals surface area contributed by atoms with E-state index < -0.39 is 23.6 Å². The maximum atomic E-state index is 11.9. The van der Waals surface area contributed by atoms with Crippen LogP contribution < -0.4 is 0 Å². The lowest BCUT2D eigenvalue weighted by Gasteiger charge is -2.21. The first-order chi connectivity index (χ1) is 9.43. The zero-order valence-corrected chi connectivity index (χ0v) is 11.2. The smallest absolute Gasteiger partial charge is 0.410 e. The summed E-state index contributed by atoms with van der Waals surface area (Å²) in [4.78, 5) is 24.2. The molecular weight excluding hydrogens is 262 g/mol. The van der Waals surface area contributed by atoms with Gasteiger partial charge in [0.1, 0.15) is 12.0 Å². The summed E-state index contributed by atoms with van der Waals surface area (Å²) in [6.07, 6.45) is -1.71. The van der Waals surface area contributed by atoms with Crippen LogP contribution in [0.2, 0.25) is 0 Å². The van der Waals surface area contributed by atoms with E-state index >= 15 is 0 Å². The van der Waals surface area contributed by atoms with Crippen LogP contribution in [0, 0.1) is 5.41 Å². The summed E-state index contributed by atoms with van der Waals surface area (Å²) in [6.45, 7) is 1.45. The molecule has 0 saturated carbocycles. The number of carbonyl (C=O) groups is 2. The molecule has 2 N–H and O–H groups in total. The van der Waals surface area contributed by atoms with Gasteiger partial charge in [0.2, 0.25) is 0 Å². The third-order valence-corrected chi connectivity index (χ3v) is 3.60. The number of ether oxygens (including phenoxy) is 1. The topological polar surface area (TPSA) is 87.1 Å². The first-order valence-corrected chi connectivity index (χ1v) is 6.30. The van der Waals surface area contributed by atoms with Gasteiger partial charge in [0.05, 0.1) is 12.6 Å². The van der Waals surface area contributed by atoms with Crippen molar-refractivity contribution in [3.05, 3.63) is 35.9 Å². The molecule has 1 amide bonds. The highest BCUT2D eigenvalue weighted by molar-refractivity contribution is 5.78. The quantitative estimate of drug-likeness (QED) is 0.865. The van der Waals surface area contributed by atoms with E-state index in [0.29, 0.717) is 0 Å². The lowest BCUT2D eigenvalue weighted by atomic mass is 9.87. The predicted octanol–water partition coefficient (Wildman–Crippen LogP) is 1.09. The van der Waals surface area contributed by atoms with Crippen LogP contribution in [0.15, 0.2) is 30.3 Å². The summed E-state index contributed by atoms with van der Waals surface area (Å²) in [6, 6.07) is 9.19. The summed E-state index contributed by atoms with van der Waals surface area (Å²) in [5, 5.41) is 18.9. The van der Waals surface area contributed by atoms with Crippen LogP contribution in [0.25, 0.3) is 0 Å². The maximum absolute atomic E-state index is 11.9. The number of hydrogen-bond donors (Lipinski definition) is 2. The van der Waals surface area contributed by atoms with Gasteiger partial charge in [0, 0.05) is 6.54 Å². The molecule has 1 unspecified atom stereocenters. The van der Waals surface area contributed by atoms with Crippen molar-refractivity contribution in [2.45, 2.75) is 19.6 Å². The first kappa shape index (κ1) is 14.3. The Bertz CT molecular complexity index is 504. The number of aliphatic hydroxyl groups excluding tert-OH is 1. The lowest BCUT2D eigenvalue weighted by molar-refractivity contribution is -0.151. The minimum absolute atomic E-state index is 0.0313. The summed E-state index contributed by atoms with van der Waals surface area (Å²) >= 11 is 0. The van der Waals surface area contributed by atoms with Crippen molar-refractivity contribution < 1.29 is 24.5 Å². The SMILES string of the molecule is C[C@]1(C(=O)O)CN(C(=O)OCc2ccccc2)CC1O. The highest BCUT2D eigenvalue weighted by Gasteiger charge is 2.50.